The molecule has 1 aliphatic rings. The Morgan fingerprint density at radius 3 is 3.00 bits per heavy atom. The summed E-state index contributed by atoms with van der Waals surface area (Å²) in [4.78, 5) is 12.4. The van der Waals surface area contributed by atoms with Crippen LogP contribution >= 0.6 is 0 Å². The molecule has 4 nitrogen and oxygen atoms in total. The predicted molar refractivity (Wildman–Crippen MR) is 69.9 cm³/mol. The second-order valence-corrected chi connectivity index (χ2v) is 5.30. The fourth-order valence-electron chi connectivity index (χ4n) is 2.60. The molecule has 0 bridgehead atoms. The van der Waals surface area contributed by atoms with Crippen LogP contribution < -0.4 is 0 Å². The van der Waals surface area contributed by atoms with Crippen molar-refractivity contribution in [2.75, 3.05) is 27.2 Å². The average molecular weight is 236 g/mol. The topological polar surface area (TPSA) is 35.2 Å². The van der Waals surface area contributed by atoms with E-state index in [9.17, 15) is 0 Å². The van der Waals surface area contributed by atoms with E-state index in [1.54, 1.807) is 6.33 Å². The largest absolute Gasteiger partial charge is 0.348 e. The molecule has 1 aromatic rings. The fourth-order valence-corrected chi connectivity index (χ4v) is 2.60. The lowest BCUT2D eigenvalue weighted by atomic mass is 10.0. The van der Waals surface area contributed by atoms with Gasteiger partial charge >= 0.3 is 0 Å². The van der Waals surface area contributed by atoms with Gasteiger partial charge < -0.3 is 9.88 Å². The molecule has 1 fully saturated rings. The molecule has 2 rings (SSSR count). The standard InChI is InChI=1S/C13H24N4/c1-11-13(15-10-14-11)9-16(2)8-12-6-4-5-7-17(12)3/h10,12H,4-9H2,1-3H3,(H,14,15)/t12-/m0/s1. The number of nitrogens with one attached hydrogen (secondary N) is 1. The summed E-state index contributed by atoms with van der Waals surface area (Å²) in [6, 6.07) is 0.716. The van der Waals surface area contributed by atoms with Gasteiger partial charge in [0.2, 0.25) is 0 Å². The highest BCUT2D eigenvalue weighted by atomic mass is 15.2. The lowest BCUT2D eigenvalue weighted by molar-refractivity contribution is 0.138. The van der Waals surface area contributed by atoms with E-state index in [2.05, 4.69) is 40.8 Å². The molecular weight excluding hydrogens is 212 g/mol. The molecule has 1 aliphatic heterocycles. The van der Waals surface area contributed by atoms with Crippen molar-refractivity contribution in [3.05, 3.63) is 17.7 Å². The number of imidazole rings is 1. The fraction of sp³-hybridized carbons (Fsp3) is 0.769. The summed E-state index contributed by atoms with van der Waals surface area (Å²) in [6.07, 6.45) is 5.85. The summed E-state index contributed by atoms with van der Waals surface area (Å²) in [7, 11) is 4.44. The Hall–Kier alpha value is -0.870. The Kier molecular flexibility index (Phi) is 4.18. The summed E-state index contributed by atoms with van der Waals surface area (Å²) >= 11 is 0. The third kappa shape index (κ3) is 3.30. The van der Waals surface area contributed by atoms with Crippen molar-refractivity contribution < 1.29 is 0 Å². The highest BCUT2D eigenvalue weighted by molar-refractivity contribution is 5.08. The summed E-state index contributed by atoms with van der Waals surface area (Å²) in [6.45, 7) is 5.42. The van der Waals surface area contributed by atoms with E-state index in [1.807, 2.05) is 0 Å². The number of likely N-dealkylation sites (N-methyl/N-ethyl adjacent to an activating group) is 2. The van der Waals surface area contributed by atoms with E-state index in [4.69, 9.17) is 0 Å². The summed E-state index contributed by atoms with van der Waals surface area (Å²) in [5.74, 6) is 0. The Morgan fingerprint density at radius 1 is 1.53 bits per heavy atom. The maximum absolute atomic E-state index is 4.36. The van der Waals surface area contributed by atoms with Crippen molar-refractivity contribution in [2.45, 2.75) is 38.8 Å². The molecule has 0 saturated carbocycles. The van der Waals surface area contributed by atoms with Crippen molar-refractivity contribution in [3.63, 3.8) is 0 Å². The molecule has 0 spiro atoms. The van der Waals surface area contributed by atoms with Gasteiger partial charge in [-0.15, -0.1) is 0 Å². The van der Waals surface area contributed by atoms with Gasteiger partial charge in [-0.1, -0.05) is 6.42 Å². The van der Waals surface area contributed by atoms with Crippen molar-refractivity contribution in [3.8, 4) is 0 Å². The second-order valence-electron chi connectivity index (χ2n) is 5.30. The molecule has 0 aliphatic carbocycles. The molecule has 4 heteroatoms. The van der Waals surface area contributed by atoms with Gasteiger partial charge in [0.25, 0.3) is 0 Å². The molecule has 0 unspecified atom stereocenters. The van der Waals surface area contributed by atoms with Gasteiger partial charge in [-0.3, -0.25) is 4.90 Å². The van der Waals surface area contributed by atoms with Crippen molar-refractivity contribution >= 4 is 0 Å². The summed E-state index contributed by atoms with van der Waals surface area (Å²) in [5, 5.41) is 0. The lowest BCUT2D eigenvalue weighted by Crippen LogP contribution is -2.43. The Morgan fingerprint density at radius 2 is 2.35 bits per heavy atom. The number of H-pyrrole nitrogens is 1. The number of aromatic nitrogens is 2. The number of piperidine rings is 1. The van der Waals surface area contributed by atoms with Crippen molar-refractivity contribution in [2.24, 2.45) is 0 Å². The molecule has 1 aromatic heterocycles. The van der Waals surface area contributed by atoms with E-state index in [0.29, 0.717) is 6.04 Å². The number of hydrogen-bond acceptors (Lipinski definition) is 3. The highest BCUT2D eigenvalue weighted by Gasteiger charge is 2.20. The first-order valence-electron chi connectivity index (χ1n) is 6.54. The molecule has 1 atom stereocenters. The van der Waals surface area contributed by atoms with Gasteiger partial charge in [0.15, 0.2) is 0 Å². The van der Waals surface area contributed by atoms with Crippen LogP contribution in [0.2, 0.25) is 0 Å². The number of aryl methyl sites for hydroxylation is 1. The molecule has 1 N–H and O–H groups in total. The number of aromatic amines is 1. The zero-order valence-corrected chi connectivity index (χ0v) is 11.2. The van der Waals surface area contributed by atoms with Crippen LogP contribution in [0.25, 0.3) is 0 Å². The maximum Gasteiger partial charge on any atom is 0.0925 e. The third-order valence-corrected chi connectivity index (χ3v) is 3.80. The molecule has 0 aromatic carbocycles. The van der Waals surface area contributed by atoms with Crippen molar-refractivity contribution in [1.29, 1.82) is 0 Å². The summed E-state index contributed by atoms with van der Waals surface area (Å²) in [5.41, 5.74) is 2.36. The first kappa shape index (κ1) is 12.6. The van der Waals surface area contributed by atoms with Gasteiger partial charge in [0.1, 0.15) is 0 Å². The number of likely N-dealkylation sites (tertiary alicyclic amines) is 1. The quantitative estimate of drug-likeness (QED) is 0.863. The Labute approximate surface area is 104 Å². The zero-order chi connectivity index (χ0) is 12.3. The van der Waals surface area contributed by atoms with E-state index in [0.717, 1.165) is 13.1 Å². The van der Waals surface area contributed by atoms with Crippen LogP contribution in [0, 0.1) is 6.92 Å². The summed E-state index contributed by atoms with van der Waals surface area (Å²) < 4.78 is 0. The van der Waals surface area contributed by atoms with E-state index < -0.39 is 0 Å². The molecule has 1 saturated heterocycles. The van der Waals surface area contributed by atoms with Gasteiger partial charge in [-0.25, -0.2) is 4.98 Å². The van der Waals surface area contributed by atoms with Crippen LogP contribution in [0.3, 0.4) is 0 Å². The molecule has 2 heterocycles. The maximum atomic E-state index is 4.36. The minimum atomic E-state index is 0.716. The molecular formula is C13H24N4. The van der Waals surface area contributed by atoms with Gasteiger partial charge in [-0.05, 0) is 40.4 Å². The molecule has 96 valence electrons. The lowest BCUT2D eigenvalue weighted by Gasteiger charge is -2.35. The van der Waals surface area contributed by atoms with Gasteiger partial charge in [0, 0.05) is 24.8 Å². The minimum Gasteiger partial charge on any atom is -0.348 e. The molecule has 0 amide bonds. The van der Waals surface area contributed by atoms with E-state index in [-0.39, 0.29) is 0 Å². The average Bonchev–Trinajstić information content (AvgIpc) is 2.68. The SMILES string of the molecule is Cc1[nH]cnc1CN(C)C[C@@H]1CCCCN1C. The normalized spacial score (nSPS) is 22.2. The smallest absolute Gasteiger partial charge is 0.0925 e. The van der Waals surface area contributed by atoms with Crippen LogP contribution in [0.15, 0.2) is 6.33 Å². The van der Waals surface area contributed by atoms with Gasteiger partial charge in [0.05, 0.1) is 12.0 Å². The number of rotatable bonds is 4. The van der Waals surface area contributed by atoms with Crippen LogP contribution in [-0.2, 0) is 6.54 Å². The Balaban J connectivity index is 1.84. The van der Waals surface area contributed by atoms with Crippen LogP contribution in [0.5, 0.6) is 0 Å². The number of hydrogen-bond donors (Lipinski definition) is 1. The molecule has 17 heavy (non-hydrogen) atoms. The zero-order valence-electron chi connectivity index (χ0n) is 11.2. The highest BCUT2D eigenvalue weighted by Crippen LogP contribution is 2.16. The van der Waals surface area contributed by atoms with Crippen molar-refractivity contribution in [1.82, 2.24) is 19.8 Å². The number of nitrogens with zero attached hydrogens (tertiary/aromatic N) is 3. The van der Waals surface area contributed by atoms with Crippen LogP contribution in [0.4, 0.5) is 0 Å². The minimum absolute atomic E-state index is 0.716. The predicted octanol–water partition coefficient (Wildman–Crippen LogP) is 1.63. The van der Waals surface area contributed by atoms with E-state index in [1.165, 1.54) is 37.2 Å². The van der Waals surface area contributed by atoms with Crippen LogP contribution in [-0.4, -0.2) is 53.0 Å². The second kappa shape index (κ2) is 5.65. The third-order valence-electron chi connectivity index (χ3n) is 3.80. The Bertz CT molecular complexity index is 347. The molecule has 0 radical (unpaired) electrons. The first-order chi connectivity index (χ1) is 8.16. The first-order valence-corrected chi connectivity index (χ1v) is 6.54. The monoisotopic (exact) mass is 236 g/mol. The van der Waals surface area contributed by atoms with E-state index >= 15 is 0 Å². The van der Waals surface area contributed by atoms with Crippen LogP contribution in [0.1, 0.15) is 30.7 Å². The van der Waals surface area contributed by atoms with Gasteiger partial charge in [-0.2, -0.15) is 0 Å².